The molecule has 0 aliphatic carbocycles. The molecule has 4 nitrogen and oxygen atoms in total. The largest absolute Gasteiger partial charge is 0.308 e. The van der Waals surface area contributed by atoms with Crippen LogP contribution in [-0.4, -0.2) is 23.0 Å². The third kappa shape index (κ3) is 4.18. The summed E-state index contributed by atoms with van der Waals surface area (Å²) in [7, 11) is 0. The second-order valence-electron chi connectivity index (χ2n) is 5.90. The molecule has 1 aromatic heterocycles. The van der Waals surface area contributed by atoms with Gasteiger partial charge >= 0.3 is 0 Å². The average Bonchev–Trinajstić information content (AvgIpc) is 2.65. The Morgan fingerprint density at radius 2 is 2.26 bits per heavy atom. The number of hydrogen-bond acceptors (Lipinski definition) is 4. The van der Waals surface area contributed by atoms with E-state index in [2.05, 4.69) is 35.2 Å². The molecule has 3 N–H and O–H groups in total. The van der Waals surface area contributed by atoms with E-state index >= 15 is 0 Å². The summed E-state index contributed by atoms with van der Waals surface area (Å²) in [5.41, 5.74) is 3.89. The van der Waals surface area contributed by atoms with E-state index in [0.29, 0.717) is 0 Å². The quantitative estimate of drug-likeness (QED) is 0.647. The van der Waals surface area contributed by atoms with Crippen LogP contribution in [0.4, 0.5) is 5.82 Å². The molecule has 2 rings (SSSR count). The summed E-state index contributed by atoms with van der Waals surface area (Å²) in [4.78, 5) is 6.70. The van der Waals surface area contributed by atoms with Crippen molar-refractivity contribution in [2.75, 3.05) is 18.5 Å². The second kappa shape index (κ2) is 6.87. The van der Waals surface area contributed by atoms with Crippen molar-refractivity contribution in [3.05, 3.63) is 23.9 Å². The van der Waals surface area contributed by atoms with Gasteiger partial charge in [-0.1, -0.05) is 13.8 Å². The Morgan fingerprint density at radius 3 is 3.00 bits per heavy atom. The van der Waals surface area contributed by atoms with Gasteiger partial charge in [0.1, 0.15) is 5.82 Å². The Kier molecular flexibility index (Phi) is 5.16. The topological polar surface area (TPSA) is 54.2 Å². The number of nitrogens with zero attached hydrogens (tertiary/aromatic N) is 2. The zero-order valence-corrected chi connectivity index (χ0v) is 12.1. The van der Waals surface area contributed by atoms with Crippen LogP contribution in [0, 0.1) is 11.8 Å². The van der Waals surface area contributed by atoms with Crippen molar-refractivity contribution in [1.82, 2.24) is 9.88 Å². The fraction of sp³-hybridized carbons (Fsp3) is 0.667. The van der Waals surface area contributed by atoms with Crippen LogP contribution in [0.2, 0.25) is 0 Å². The predicted octanol–water partition coefficient (Wildman–Crippen LogP) is 2.63. The van der Waals surface area contributed by atoms with E-state index < -0.39 is 0 Å². The standard InChI is InChI=1S/C15H26N4/c1-12(2)14-4-3-8-19(9-6-14)11-13-5-7-17-15(10-13)18-16/h5,7,10,12,14H,3-4,6,8-9,11,16H2,1-2H3,(H,17,18). The van der Waals surface area contributed by atoms with Crippen molar-refractivity contribution < 1.29 is 0 Å². The van der Waals surface area contributed by atoms with Gasteiger partial charge in [0.2, 0.25) is 0 Å². The normalized spacial score (nSPS) is 21.4. The number of aromatic nitrogens is 1. The van der Waals surface area contributed by atoms with E-state index in [4.69, 9.17) is 5.84 Å². The molecule has 106 valence electrons. The van der Waals surface area contributed by atoms with Gasteiger partial charge in [-0.25, -0.2) is 10.8 Å². The first-order chi connectivity index (χ1) is 9.19. The molecule has 1 unspecified atom stereocenters. The van der Waals surface area contributed by atoms with Gasteiger partial charge in [-0.05, 0) is 61.9 Å². The minimum atomic E-state index is 0.743. The van der Waals surface area contributed by atoms with Crippen molar-refractivity contribution >= 4 is 5.82 Å². The smallest absolute Gasteiger partial charge is 0.140 e. The summed E-state index contributed by atoms with van der Waals surface area (Å²) in [6.45, 7) is 8.11. The lowest BCUT2D eigenvalue weighted by Crippen LogP contribution is -2.24. The second-order valence-corrected chi connectivity index (χ2v) is 5.90. The summed E-state index contributed by atoms with van der Waals surface area (Å²) in [6.07, 6.45) is 5.83. The molecular weight excluding hydrogens is 236 g/mol. The van der Waals surface area contributed by atoms with Crippen LogP contribution < -0.4 is 11.3 Å². The lowest BCUT2D eigenvalue weighted by atomic mass is 9.89. The molecule has 19 heavy (non-hydrogen) atoms. The number of nitrogens with two attached hydrogens (primary N) is 1. The van der Waals surface area contributed by atoms with Crippen LogP contribution in [0.5, 0.6) is 0 Å². The summed E-state index contributed by atoms with van der Waals surface area (Å²) >= 11 is 0. The molecule has 0 radical (unpaired) electrons. The van der Waals surface area contributed by atoms with E-state index in [0.717, 1.165) is 24.2 Å². The van der Waals surface area contributed by atoms with Gasteiger partial charge in [0.25, 0.3) is 0 Å². The van der Waals surface area contributed by atoms with Crippen LogP contribution in [0.25, 0.3) is 0 Å². The fourth-order valence-corrected chi connectivity index (χ4v) is 2.92. The van der Waals surface area contributed by atoms with E-state index in [1.807, 2.05) is 12.3 Å². The highest BCUT2D eigenvalue weighted by molar-refractivity contribution is 5.35. The van der Waals surface area contributed by atoms with Crippen LogP contribution in [-0.2, 0) is 6.54 Å². The molecule has 1 fully saturated rings. The van der Waals surface area contributed by atoms with Gasteiger partial charge < -0.3 is 5.43 Å². The first kappa shape index (κ1) is 14.3. The minimum absolute atomic E-state index is 0.743. The average molecular weight is 262 g/mol. The molecule has 2 heterocycles. The number of anilines is 1. The molecule has 4 heteroatoms. The predicted molar refractivity (Wildman–Crippen MR) is 79.5 cm³/mol. The van der Waals surface area contributed by atoms with Gasteiger partial charge in [-0.15, -0.1) is 0 Å². The number of nitrogen functional groups attached to an aromatic ring is 1. The molecular formula is C15H26N4. The molecule has 1 saturated heterocycles. The van der Waals surface area contributed by atoms with Gasteiger partial charge in [-0.2, -0.15) is 0 Å². The van der Waals surface area contributed by atoms with Crippen LogP contribution >= 0.6 is 0 Å². The number of nitrogens with one attached hydrogen (secondary N) is 1. The maximum Gasteiger partial charge on any atom is 0.140 e. The monoisotopic (exact) mass is 262 g/mol. The van der Waals surface area contributed by atoms with Gasteiger partial charge in [-0.3, -0.25) is 4.90 Å². The van der Waals surface area contributed by atoms with E-state index in [1.165, 1.54) is 37.9 Å². The van der Waals surface area contributed by atoms with E-state index in [9.17, 15) is 0 Å². The highest BCUT2D eigenvalue weighted by Crippen LogP contribution is 2.25. The highest BCUT2D eigenvalue weighted by Gasteiger charge is 2.19. The van der Waals surface area contributed by atoms with Crippen LogP contribution in [0.1, 0.15) is 38.7 Å². The lowest BCUT2D eigenvalue weighted by Gasteiger charge is -2.21. The Hall–Kier alpha value is -1.13. The van der Waals surface area contributed by atoms with E-state index in [1.54, 1.807) is 0 Å². The van der Waals surface area contributed by atoms with Gasteiger partial charge in [0.05, 0.1) is 0 Å². The number of hydrazine groups is 1. The molecule has 0 amide bonds. The molecule has 1 atom stereocenters. The number of hydrogen-bond donors (Lipinski definition) is 2. The summed E-state index contributed by atoms with van der Waals surface area (Å²) in [5.74, 6) is 7.85. The maximum absolute atomic E-state index is 5.40. The van der Waals surface area contributed by atoms with Crippen LogP contribution in [0.15, 0.2) is 18.3 Å². The molecule has 0 spiro atoms. The maximum atomic E-state index is 5.40. The lowest BCUT2D eigenvalue weighted by molar-refractivity contribution is 0.265. The molecule has 0 aromatic carbocycles. The van der Waals surface area contributed by atoms with Crippen molar-refractivity contribution in [2.45, 2.75) is 39.7 Å². The van der Waals surface area contributed by atoms with Crippen molar-refractivity contribution in [1.29, 1.82) is 0 Å². The number of rotatable bonds is 4. The Bertz CT molecular complexity index is 391. The van der Waals surface area contributed by atoms with Crippen LogP contribution in [0.3, 0.4) is 0 Å². The summed E-state index contributed by atoms with van der Waals surface area (Å²) < 4.78 is 0. The van der Waals surface area contributed by atoms with Gasteiger partial charge in [0, 0.05) is 12.7 Å². The van der Waals surface area contributed by atoms with Crippen molar-refractivity contribution in [3.8, 4) is 0 Å². The molecule has 0 saturated carbocycles. The summed E-state index contributed by atoms with van der Waals surface area (Å²) in [5, 5.41) is 0. The Morgan fingerprint density at radius 1 is 1.42 bits per heavy atom. The summed E-state index contributed by atoms with van der Waals surface area (Å²) in [6, 6.07) is 4.11. The third-order valence-electron chi connectivity index (χ3n) is 4.19. The first-order valence-corrected chi connectivity index (χ1v) is 7.33. The molecule has 1 aromatic rings. The van der Waals surface area contributed by atoms with E-state index in [-0.39, 0.29) is 0 Å². The highest BCUT2D eigenvalue weighted by atomic mass is 15.2. The molecule has 1 aliphatic rings. The zero-order valence-electron chi connectivity index (χ0n) is 12.1. The minimum Gasteiger partial charge on any atom is -0.308 e. The molecule has 0 bridgehead atoms. The Labute approximate surface area is 116 Å². The number of pyridine rings is 1. The zero-order chi connectivity index (χ0) is 13.7. The number of likely N-dealkylation sites (tertiary alicyclic amines) is 1. The fourth-order valence-electron chi connectivity index (χ4n) is 2.92. The molecule has 1 aliphatic heterocycles. The van der Waals surface area contributed by atoms with Gasteiger partial charge in [0.15, 0.2) is 0 Å². The Balaban J connectivity index is 1.92. The van der Waals surface area contributed by atoms with Crippen molar-refractivity contribution in [2.24, 2.45) is 17.7 Å². The third-order valence-corrected chi connectivity index (χ3v) is 4.19. The van der Waals surface area contributed by atoms with Crippen molar-refractivity contribution in [3.63, 3.8) is 0 Å². The SMILES string of the molecule is CC(C)C1CCCN(Cc2ccnc(NN)c2)CC1. The first-order valence-electron chi connectivity index (χ1n) is 7.33.